The highest BCUT2D eigenvalue weighted by molar-refractivity contribution is 5.93. The lowest BCUT2D eigenvalue weighted by Gasteiger charge is -2.21. The average molecular weight is 300 g/mol. The molecule has 1 N–H and O–H groups in total. The Morgan fingerprint density at radius 1 is 1.18 bits per heavy atom. The van der Waals surface area contributed by atoms with Gasteiger partial charge in [0.2, 0.25) is 5.91 Å². The van der Waals surface area contributed by atoms with E-state index in [2.05, 4.69) is 28.4 Å². The van der Waals surface area contributed by atoms with Crippen LogP contribution in [-0.2, 0) is 22.4 Å². The number of ether oxygens (including phenoxy) is 1. The van der Waals surface area contributed by atoms with Crippen molar-refractivity contribution in [2.24, 2.45) is 11.8 Å². The number of hydrogen-bond donors (Lipinski definition) is 1. The molecule has 0 aromatic heterocycles. The summed E-state index contributed by atoms with van der Waals surface area (Å²) in [5.74, 6) is 1.40. The fourth-order valence-corrected chi connectivity index (χ4v) is 4.20. The quantitative estimate of drug-likeness (QED) is 0.929. The molecule has 0 bridgehead atoms. The summed E-state index contributed by atoms with van der Waals surface area (Å²) in [6.45, 7) is 4.26. The van der Waals surface area contributed by atoms with E-state index < -0.39 is 0 Å². The summed E-state index contributed by atoms with van der Waals surface area (Å²) in [6.07, 6.45) is 4.74. The summed E-state index contributed by atoms with van der Waals surface area (Å²) in [5, 5.41) is 3.15. The maximum Gasteiger partial charge on any atom is 0.238 e. The van der Waals surface area contributed by atoms with E-state index in [1.165, 1.54) is 24.0 Å². The number of carbonyl (C=O) groups excluding carboxylic acids is 1. The van der Waals surface area contributed by atoms with Gasteiger partial charge >= 0.3 is 0 Å². The second kappa shape index (κ2) is 6.01. The zero-order chi connectivity index (χ0) is 14.9. The Balaban J connectivity index is 1.38. The molecule has 1 aromatic carbocycles. The molecule has 0 radical (unpaired) electrons. The fourth-order valence-electron chi connectivity index (χ4n) is 4.20. The van der Waals surface area contributed by atoms with Crippen molar-refractivity contribution >= 4 is 11.6 Å². The van der Waals surface area contributed by atoms with Gasteiger partial charge in [-0.1, -0.05) is 12.1 Å². The summed E-state index contributed by atoms with van der Waals surface area (Å²) < 4.78 is 5.50. The summed E-state index contributed by atoms with van der Waals surface area (Å²) in [7, 11) is 0. The number of benzene rings is 1. The lowest BCUT2D eigenvalue weighted by atomic mass is 9.90. The summed E-state index contributed by atoms with van der Waals surface area (Å²) in [5.41, 5.74) is 3.80. The van der Waals surface area contributed by atoms with E-state index in [0.29, 0.717) is 18.4 Å². The molecule has 4 rings (SSSR count). The highest BCUT2D eigenvalue weighted by Gasteiger charge is 2.37. The largest absolute Gasteiger partial charge is 0.381 e. The zero-order valence-corrected chi connectivity index (χ0v) is 13.0. The molecule has 0 spiro atoms. The molecule has 2 fully saturated rings. The minimum atomic E-state index is 0.125. The maximum atomic E-state index is 12.4. The van der Waals surface area contributed by atoms with Crippen molar-refractivity contribution in [3.63, 3.8) is 0 Å². The number of aryl methyl sites for hydroxylation is 1. The number of rotatable bonds is 3. The van der Waals surface area contributed by atoms with E-state index in [-0.39, 0.29) is 5.91 Å². The molecule has 1 aromatic rings. The first-order valence-corrected chi connectivity index (χ1v) is 8.50. The number of amides is 1. The number of nitrogens with one attached hydrogen (secondary N) is 1. The van der Waals surface area contributed by atoms with Crippen LogP contribution in [0.25, 0.3) is 0 Å². The number of carbonyl (C=O) groups is 1. The summed E-state index contributed by atoms with van der Waals surface area (Å²) in [4.78, 5) is 14.7. The highest BCUT2D eigenvalue weighted by atomic mass is 16.5. The molecular weight excluding hydrogens is 276 g/mol. The Morgan fingerprint density at radius 2 is 1.95 bits per heavy atom. The molecule has 2 aliphatic heterocycles. The zero-order valence-electron chi connectivity index (χ0n) is 13.0. The van der Waals surface area contributed by atoms with Crippen LogP contribution < -0.4 is 5.32 Å². The van der Waals surface area contributed by atoms with Gasteiger partial charge in [-0.15, -0.1) is 0 Å². The third-order valence-electron chi connectivity index (χ3n) is 5.35. The first kappa shape index (κ1) is 14.2. The van der Waals surface area contributed by atoms with Crippen LogP contribution in [0.5, 0.6) is 0 Å². The number of nitrogens with zero attached hydrogens (tertiary/aromatic N) is 1. The van der Waals surface area contributed by atoms with E-state index in [1.54, 1.807) is 0 Å². The van der Waals surface area contributed by atoms with E-state index in [1.807, 2.05) is 0 Å². The van der Waals surface area contributed by atoms with Gasteiger partial charge in [0.25, 0.3) is 0 Å². The molecule has 0 saturated carbocycles. The van der Waals surface area contributed by atoms with Gasteiger partial charge in [-0.3, -0.25) is 9.69 Å². The third kappa shape index (κ3) is 2.77. The van der Waals surface area contributed by atoms with Gasteiger partial charge in [0.15, 0.2) is 0 Å². The predicted octanol–water partition coefficient (Wildman–Crippen LogP) is 2.08. The van der Waals surface area contributed by atoms with Crippen LogP contribution in [0.4, 0.5) is 5.69 Å². The summed E-state index contributed by atoms with van der Waals surface area (Å²) >= 11 is 0. The van der Waals surface area contributed by atoms with Crippen molar-refractivity contribution < 1.29 is 9.53 Å². The van der Waals surface area contributed by atoms with Gasteiger partial charge in [0.1, 0.15) is 0 Å². The van der Waals surface area contributed by atoms with Gasteiger partial charge in [-0.05, 0) is 42.9 Å². The van der Waals surface area contributed by atoms with Crippen LogP contribution in [0, 0.1) is 11.8 Å². The van der Waals surface area contributed by atoms with E-state index in [9.17, 15) is 4.79 Å². The van der Waals surface area contributed by atoms with Crippen molar-refractivity contribution in [1.82, 2.24) is 4.90 Å². The second-order valence-corrected chi connectivity index (χ2v) is 6.95. The SMILES string of the molecule is O=C(CN1C[C@H]2COC[C@H]2C1)Nc1cccc2c1CCCC2. The smallest absolute Gasteiger partial charge is 0.238 e. The Morgan fingerprint density at radius 3 is 2.77 bits per heavy atom. The van der Waals surface area contributed by atoms with Crippen molar-refractivity contribution in [1.29, 1.82) is 0 Å². The number of hydrogen-bond acceptors (Lipinski definition) is 3. The van der Waals surface area contributed by atoms with Gasteiger partial charge in [-0.2, -0.15) is 0 Å². The molecule has 3 aliphatic rings. The first-order chi connectivity index (χ1) is 10.8. The Bertz CT molecular complexity index is 560. The molecule has 4 heteroatoms. The normalized spacial score (nSPS) is 27.5. The molecular formula is C18H24N2O2. The number of fused-ring (bicyclic) bond motifs is 2. The molecule has 2 saturated heterocycles. The summed E-state index contributed by atoms with van der Waals surface area (Å²) in [6, 6.07) is 6.32. The van der Waals surface area contributed by atoms with E-state index in [4.69, 9.17) is 4.74 Å². The molecule has 4 nitrogen and oxygen atoms in total. The van der Waals surface area contributed by atoms with Crippen LogP contribution in [0.2, 0.25) is 0 Å². The Hall–Kier alpha value is -1.39. The van der Waals surface area contributed by atoms with Crippen LogP contribution in [0.15, 0.2) is 18.2 Å². The van der Waals surface area contributed by atoms with E-state index >= 15 is 0 Å². The topological polar surface area (TPSA) is 41.6 Å². The van der Waals surface area contributed by atoms with Crippen LogP contribution in [-0.4, -0.2) is 43.7 Å². The van der Waals surface area contributed by atoms with Gasteiger partial charge in [0.05, 0.1) is 19.8 Å². The monoisotopic (exact) mass is 300 g/mol. The van der Waals surface area contributed by atoms with Crippen LogP contribution >= 0.6 is 0 Å². The third-order valence-corrected chi connectivity index (χ3v) is 5.35. The first-order valence-electron chi connectivity index (χ1n) is 8.50. The minimum absolute atomic E-state index is 0.125. The maximum absolute atomic E-state index is 12.4. The fraction of sp³-hybridized carbons (Fsp3) is 0.611. The number of likely N-dealkylation sites (tertiary alicyclic amines) is 1. The lowest BCUT2D eigenvalue weighted by molar-refractivity contribution is -0.117. The molecule has 2 heterocycles. The average Bonchev–Trinajstić information content (AvgIpc) is 3.09. The second-order valence-electron chi connectivity index (χ2n) is 6.95. The molecule has 22 heavy (non-hydrogen) atoms. The van der Waals surface area contributed by atoms with Crippen molar-refractivity contribution in [3.05, 3.63) is 29.3 Å². The molecule has 0 unspecified atom stereocenters. The predicted molar refractivity (Wildman–Crippen MR) is 86.0 cm³/mol. The van der Waals surface area contributed by atoms with Crippen molar-refractivity contribution in [2.75, 3.05) is 38.2 Å². The molecule has 1 amide bonds. The van der Waals surface area contributed by atoms with Crippen molar-refractivity contribution in [2.45, 2.75) is 25.7 Å². The molecule has 118 valence electrons. The Kier molecular flexibility index (Phi) is 3.89. The highest BCUT2D eigenvalue weighted by Crippen LogP contribution is 2.30. The van der Waals surface area contributed by atoms with Gasteiger partial charge in [-0.25, -0.2) is 0 Å². The van der Waals surface area contributed by atoms with Crippen LogP contribution in [0.1, 0.15) is 24.0 Å². The minimum Gasteiger partial charge on any atom is -0.381 e. The van der Waals surface area contributed by atoms with Gasteiger partial charge in [0, 0.05) is 30.6 Å². The van der Waals surface area contributed by atoms with E-state index in [0.717, 1.165) is 44.8 Å². The molecule has 2 atom stereocenters. The molecule has 1 aliphatic carbocycles. The number of anilines is 1. The van der Waals surface area contributed by atoms with Crippen LogP contribution in [0.3, 0.4) is 0 Å². The van der Waals surface area contributed by atoms with Crippen molar-refractivity contribution in [3.8, 4) is 0 Å². The standard InChI is InChI=1S/C18H24N2O2/c21-18(10-20-8-14-11-22-12-15(14)9-20)19-17-7-3-5-13-4-1-2-6-16(13)17/h3,5,7,14-15H,1-2,4,6,8-12H2,(H,19,21)/t14-,15+. The lowest BCUT2D eigenvalue weighted by Crippen LogP contribution is -2.33. The Labute approximate surface area is 131 Å². The van der Waals surface area contributed by atoms with Gasteiger partial charge < -0.3 is 10.1 Å².